The van der Waals surface area contributed by atoms with E-state index in [1.807, 2.05) is 24.8 Å². The van der Waals surface area contributed by atoms with Crippen molar-refractivity contribution in [1.29, 1.82) is 5.26 Å². The average Bonchev–Trinajstić information content (AvgIpc) is 2.28. The number of rotatable bonds is 6. The number of hydrogen-bond acceptors (Lipinski definition) is 5. The Bertz CT molecular complexity index is 380. The lowest BCUT2D eigenvalue weighted by Gasteiger charge is -2.21. The maximum Gasteiger partial charge on any atom is 0.225 e. The Morgan fingerprint density at radius 2 is 1.94 bits per heavy atom. The molecule has 5 nitrogen and oxygen atoms in total. The van der Waals surface area contributed by atoms with Gasteiger partial charge < -0.3 is 9.64 Å². The molecule has 0 N–H and O–H groups in total. The maximum absolute atomic E-state index is 8.65. The van der Waals surface area contributed by atoms with Crippen molar-refractivity contribution < 1.29 is 4.74 Å². The van der Waals surface area contributed by atoms with Crippen LogP contribution >= 0.6 is 0 Å². The minimum Gasteiger partial charge on any atom is -0.383 e. The van der Waals surface area contributed by atoms with Gasteiger partial charge in [0.15, 0.2) is 0 Å². The van der Waals surface area contributed by atoms with Gasteiger partial charge in [0.1, 0.15) is 0 Å². The van der Waals surface area contributed by atoms with Crippen molar-refractivity contribution in [3.63, 3.8) is 0 Å². The van der Waals surface area contributed by atoms with E-state index in [1.165, 1.54) is 0 Å². The third-order valence-corrected chi connectivity index (χ3v) is 2.31. The summed E-state index contributed by atoms with van der Waals surface area (Å²) in [5.41, 5.74) is 1.87. The van der Waals surface area contributed by atoms with Crippen LogP contribution in [0.3, 0.4) is 0 Å². The number of hydrogen-bond donors (Lipinski definition) is 0. The monoisotopic (exact) mass is 234 g/mol. The molecule has 1 heterocycles. The summed E-state index contributed by atoms with van der Waals surface area (Å²) >= 11 is 0. The molecule has 5 heteroatoms. The lowest BCUT2D eigenvalue weighted by atomic mass is 10.3. The van der Waals surface area contributed by atoms with Crippen LogP contribution in [0.25, 0.3) is 0 Å². The van der Waals surface area contributed by atoms with Crippen molar-refractivity contribution in [1.82, 2.24) is 9.97 Å². The molecule has 0 radical (unpaired) electrons. The van der Waals surface area contributed by atoms with Gasteiger partial charge in [0.2, 0.25) is 5.95 Å². The number of ether oxygens (including phenoxy) is 1. The number of nitriles is 1. The number of nitrogens with zero attached hydrogens (tertiary/aromatic N) is 4. The van der Waals surface area contributed by atoms with Crippen LogP contribution in [0.1, 0.15) is 17.8 Å². The van der Waals surface area contributed by atoms with Crippen LogP contribution < -0.4 is 4.90 Å². The zero-order valence-electron chi connectivity index (χ0n) is 10.6. The van der Waals surface area contributed by atoms with Gasteiger partial charge in [0.25, 0.3) is 0 Å². The van der Waals surface area contributed by atoms with E-state index in [0.29, 0.717) is 32.1 Å². The van der Waals surface area contributed by atoms with Crippen LogP contribution in [0, 0.1) is 25.2 Å². The molecule has 1 aromatic heterocycles. The van der Waals surface area contributed by atoms with Gasteiger partial charge in [0.05, 0.1) is 19.1 Å². The minimum atomic E-state index is 0.458. The van der Waals surface area contributed by atoms with Crippen molar-refractivity contribution in [2.45, 2.75) is 20.3 Å². The molecule has 0 saturated carbocycles. The van der Waals surface area contributed by atoms with Crippen molar-refractivity contribution >= 4 is 5.95 Å². The SMILES string of the molecule is COCCN(CCC#N)c1nc(C)cc(C)n1. The number of aryl methyl sites for hydroxylation is 2. The van der Waals surface area contributed by atoms with Crippen LogP contribution in [0.4, 0.5) is 5.95 Å². The summed E-state index contributed by atoms with van der Waals surface area (Å²) in [5, 5.41) is 8.65. The van der Waals surface area contributed by atoms with Gasteiger partial charge in [0, 0.05) is 31.6 Å². The van der Waals surface area contributed by atoms with Crippen molar-refractivity contribution in [2.75, 3.05) is 31.7 Å². The van der Waals surface area contributed by atoms with Gasteiger partial charge >= 0.3 is 0 Å². The number of methoxy groups -OCH3 is 1. The fourth-order valence-corrected chi connectivity index (χ4v) is 1.55. The summed E-state index contributed by atoms with van der Waals surface area (Å²) in [5.74, 6) is 0.676. The van der Waals surface area contributed by atoms with Crippen LogP contribution in [0.15, 0.2) is 6.07 Å². The number of anilines is 1. The van der Waals surface area contributed by atoms with Crippen molar-refractivity contribution in [2.24, 2.45) is 0 Å². The summed E-state index contributed by atoms with van der Waals surface area (Å²) < 4.78 is 5.05. The summed E-state index contributed by atoms with van der Waals surface area (Å²) in [6.07, 6.45) is 0.458. The van der Waals surface area contributed by atoms with Gasteiger partial charge in [-0.25, -0.2) is 9.97 Å². The molecule has 0 aromatic carbocycles. The van der Waals surface area contributed by atoms with E-state index in [0.717, 1.165) is 11.4 Å². The molecule has 0 fully saturated rings. The molecule has 0 spiro atoms. The van der Waals surface area contributed by atoms with Crippen LogP contribution in [-0.2, 0) is 4.74 Å². The molecule has 0 saturated heterocycles. The standard InChI is InChI=1S/C12H18N4O/c1-10-9-11(2)15-12(14-10)16(6-4-5-13)7-8-17-3/h9H,4,6-8H2,1-3H3. The molecule has 0 aliphatic rings. The van der Waals surface area contributed by atoms with Crippen molar-refractivity contribution in [3.8, 4) is 6.07 Å². The van der Waals surface area contributed by atoms with E-state index in [9.17, 15) is 0 Å². The zero-order valence-corrected chi connectivity index (χ0v) is 10.6. The quantitative estimate of drug-likeness (QED) is 0.745. The van der Waals surface area contributed by atoms with E-state index in [4.69, 9.17) is 10.00 Å². The highest BCUT2D eigenvalue weighted by Gasteiger charge is 2.10. The van der Waals surface area contributed by atoms with Gasteiger partial charge in [-0.1, -0.05) is 0 Å². The Kier molecular flexibility index (Phi) is 5.37. The molecule has 0 atom stereocenters. The Balaban J connectivity index is 2.83. The molecule has 0 bridgehead atoms. The van der Waals surface area contributed by atoms with Crippen LogP contribution in [0.5, 0.6) is 0 Å². The third kappa shape index (κ3) is 4.37. The predicted octanol–water partition coefficient (Wildman–Crippen LogP) is 1.46. The Labute approximate surface area is 102 Å². The predicted molar refractivity (Wildman–Crippen MR) is 65.8 cm³/mol. The molecule has 17 heavy (non-hydrogen) atoms. The highest BCUT2D eigenvalue weighted by molar-refractivity contribution is 5.32. The van der Waals surface area contributed by atoms with E-state index < -0.39 is 0 Å². The summed E-state index contributed by atoms with van der Waals surface area (Å²) in [6, 6.07) is 4.07. The Hall–Kier alpha value is -1.67. The molecular weight excluding hydrogens is 216 g/mol. The first-order chi connectivity index (χ1) is 8.17. The van der Waals surface area contributed by atoms with E-state index in [1.54, 1.807) is 7.11 Å². The summed E-state index contributed by atoms with van der Waals surface area (Å²) in [7, 11) is 1.66. The molecule has 0 aliphatic heterocycles. The lowest BCUT2D eigenvalue weighted by Crippen LogP contribution is -2.30. The first-order valence-corrected chi connectivity index (χ1v) is 5.60. The van der Waals surface area contributed by atoms with Crippen LogP contribution in [-0.4, -0.2) is 36.8 Å². The Morgan fingerprint density at radius 3 is 2.47 bits per heavy atom. The zero-order chi connectivity index (χ0) is 12.7. The van der Waals surface area contributed by atoms with Gasteiger partial charge in [-0.3, -0.25) is 0 Å². The van der Waals surface area contributed by atoms with Crippen molar-refractivity contribution in [3.05, 3.63) is 17.5 Å². The molecule has 1 aromatic rings. The fraction of sp³-hybridized carbons (Fsp3) is 0.583. The topological polar surface area (TPSA) is 62.0 Å². The van der Waals surface area contributed by atoms with Gasteiger partial charge in [-0.15, -0.1) is 0 Å². The molecule has 0 amide bonds. The fourth-order valence-electron chi connectivity index (χ4n) is 1.55. The molecule has 92 valence electrons. The third-order valence-electron chi connectivity index (χ3n) is 2.31. The second-order valence-corrected chi connectivity index (χ2v) is 3.84. The summed E-state index contributed by atoms with van der Waals surface area (Å²) in [4.78, 5) is 10.8. The van der Waals surface area contributed by atoms with E-state index >= 15 is 0 Å². The minimum absolute atomic E-state index is 0.458. The van der Waals surface area contributed by atoms with Gasteiger partial charge in [-0.05, 0) is 19.9 Å². The smallest absolute Gasteiger partial charge is 0.225 e. The second-order valence-electron chi connectivity index (χ2n) is 3.84. The normalized spacial score (nSPS) is 10.0. The van der Waals surface area contributed by atoms with Gasteiger partial charge in [-0.2, -0.15) is 5.26 Å². The molecule has 0 aliphatic carbocycles. The highest BCUT2D eigenvalue weighted by Crippen LogP contribution is 2.10. The average molecular weight is 234 g/mol. The number of aromatic nitrogens is 2. The highest BCUT2D eigenvalue weighted by atomic mass is 16.5. The summed E-state index contributed by atoms with van der Waals surface area (Å²) in [6.45, 7) is 5.81. The maximum atomic E-state index is 8.65. The van der Waals surface area contributed by atoms with E-state index in [2.05, 4.69) is 16.0 Å². The van der Waals surface area contributed by atoms with E-state index in [-0.39, 0.29) is 0 Å². The first-order valence-electron chi connectivity index (χ1n) is 5.60. The molecule has 0 unspecified atom stereocenters. The van der Waals surface area contributed by atoms with Crippen LogP contribution in [0.2, 0.25) is 0 Å². The first kappa shape index (κ1) is 13.4. The largest absolute Gasteiger partial charge is 0.383 e. The Morgan fingerprint density at radius 1 is 1.29 bits per heavy atom. The molecule has 1 rings (SSSR count). The second kappa shape index (κ2) is 6.81. The molecular formula is C12H18N4O. The lowest BCUT2D eigenvalue weighted by molar-refractivity contribution is 0.205.